The first kappa shape index (κ1) is 9.61. The van der Waals surface area contributed by atoms with Gasteiger partial charge in [-0.3, -0.25) is 0 Å². The molecule has 1 atom stereocenters. The SMILES string of the molecule is Cc1sc(C(=O)O)nc1C1CCCO1. The van der Waals surface area contributed by atoms with E-state index in [1.165, 1.54) is 11.3 Å². The second kappa shape index (κ2) is 3.67. The fourth-order valence-electron chi connectivity index (χ4n) is 1.59. The first-order chi connectivity index (χ1) is 6.68. The number of rotatable bonds is 2. The summed E-state index contributed by atoms with van der Waals surface area (Å²) < 4.78 is 5.46. The molecule has 2 heterocycles. The Balaban J connectivity index is 2.28. The molecule has 0 radical (unpaired) electrons. The van der Waals surface area contributed by atoms with Crippen molar-refractivity contribution in [3.63, 3.8) is 0 Å². The van der Waals surface area contributed by atoms with Gasteiger partial charge in [-0.15, -0.1) is 11.3 Å². The van der Waals surface area contributed by atoms with E-state index in [-0.39, 0.29) is 11.1 Å². The van der Waals surface area contributed by atoms with Gasteiger partial charge in [0.1, 0.15) is 6.10 Å². The number of ether oxygens (including phenoxy) is 1. The van der Waals surface area contributed by atoms with Gasteiger partial charge in [0.25, 0.3) is 0 Å². The fraction of sp³-hybridized carbons (Fsp3) is 0.556. The maximum absolute atomic E-state index is 10.7. The molecule has 1 aliphatic heterocycles. The summed E-state index contributed by atoms with van der Waals surface area (Å²) in [7, 11) is 0. The second-order valence-corrected chi connectivity index (χ2v) is 4.47. The van der Waals surface area contributed by atoms with Crippen molar-refractivity contribution in [1.82, 2.24) is 4.98 Å². The predicted molar refractivity (Wildman–Crippen MR) is 51.7 cm³/mol. The molecule has 4 nitrogen and oxygen atoms in total. The van der Waals surface area contributed by atoms with Gasteiger partial charge in [0.15, 0.2) is 0 Å². The van der Waals surface area contributed by atoms with Crippen molar-refractivity contribution in [1.29, 1.82) is 0 Å². The summed E-state index contributed by atoms with van der Waals surface area (Å²) >= 11 is 1.22. The first-order valence-electron chi connectivity index (χ1n) is 4.50. The van der Waals surface area contributed by atoms with Crippen LogP contribution in [0.2, 0.25) is 0 Å². The normalized spacial score (nSPS) is 21.4. The molecular formula is C9H11NO3S. The van der Waals surface area contributed by atoms with Gasteiger partial charge in [0.05, 0.1) is 5.69 Å². The molecule has 0 saturated carbocycles. The smallest absolute Gasteiger partial charge is 0.365 e. The van der Waals surface area contributed by atoms with Crippen molar-refractivity contribution in [2.24, 2.45) is 0 Å². The molecule has 0 spiro atoms. The van der Waals surface area contributed by atoms with Crippen LogP contribution in [-0.4, -0.2) is 22.7 Å². The number of carboxylic acids is 1. The molecule has 1 unspecified atom stereocenters. The van der Waals surface area contributed by atoms with Crippen LogP contribution in [0.5, 0.6) is 0 Å². The van der Waals surface area contributed by atoms with Crippen LogP contribution in [0.15, 0.2) is 0 Å². The van der Waals surface area contributed by atoms with Gasteiger partial charge in [-0.05, 0) is 19.8 Å². The highest BCUT2D eigenvalue weighted by molar-refractivity contribution is 7.13. The van der Waals surface area contributed by atoms with E-state index in [0.29, 0.717) is 0 Å². The van der Waals surface area contributed by atoms with Crippen LogP contribution in [0.4, 0.5) is 0 Å². The highest BCUT2D eigenvalue weighted by Gasteiger charge is 2.24. The third-order valence-corrected chi connectivity index (χ3v) is 3.22. The minimum atomic E-state index is -0.956. The van der Waals surface area contributed by atoms with E-state index in [9.17, 15) is 4.79 Å². The highest BCUT2D eigenvalue weighted by atomic mass is 32.1. The quantitative estimate of drug-likeness (QED) is 0.816. The van der Waals surface area contributed by atoms with Crippen molar-refractivity contribution < 1.29 is 14.6 Å². The van der Waals surface area contributed by atoms with Gasteiger partial charge in [-0.2, -0.15) is 0 Å². The Morgan fingerprint density at radius 3 is 3.00 bits per heavy atom. The maximum atomic E-state index is 10.7. The number of nitrogens with zero attached hydrogens (tertiary/aromatic N) is 1. The van der Waals surface area contributed by atoms with Crippen molar-refractivity contribution >= 4 is 17.3 Å². The molecule has 2 rings (SSSR count). The molecule has 1 N–H and O–H groups in total. The molecule has 76 valence electrons. The Morgan fingerprint density at radius 1 is 1.71 bits per heavy atom. The average molecular weight is 213 g/mol. The molecule has 5 heteroatoms. The Kier molecular flexibility index (Phi) is 2.52. The Labute approximate surface area is 85.5 Å². The van der Waals surface area contributed by atoms with E-state index in [1.54, 1.807) is 0 Å². The summed E-state index contributed by atoms with van der Waals surface area (Å²) in [5.41, 5.74) is 0.810. The van der Waals surface area contributed by atoms with Gasteiger partial charge in [-0.25, -0.2) is 9.78 Å². The summed E-state index contributed by atoms with van der Waals surface area (Å²) in [5.74, 6) is -0.956. The highest BCUT2D eigenvalue weighted by Crippen LogP contribution is 2.32. The van der Waals surface area contributed by atoms with Crippen LogP contribution in [0.3, 0.4) is 0 Å². The lowest BCUT2D eigenvalue weighted by atomic mass is 10.2. The molecular weight excluding hydrogens is 202 g/mol. The lowest BCUT2D eigenvalue weighted by Gasteiger charge is -2.05. The monoisotopic (exact) mass is 213 g/mol. The third-order valence-electron chi connectivity index (χ3n) is 2.25. The number of aromatic carboxylic acids is 1. The molecule has 1 fully saturated rings. The standard InChI is InChI=1S/C9H11NO3S/c1-5-7(6-3-2-4-13-6)10-8(14-5)9(11)12/h6H,2-4H2,1H3,(H,11,12). The third kappa shape index (κ3) is 1.65. The number of carboxylic acid groups (broad SMARTS) is 1. The van der Waals surface area contributed by atoms with E-state index in [4.69, 9.17) is 9.84 Å². The maximum Gasteiger partial charge on any atom is 0.365 e. The molecule has 1 aromatic rings. The number of hydrogen-bond donors (Lipinski definition) is 1. The summed E-state index contributed by atoms with van der Waals surface area (Å²) in [5, 5.41) is 8.93. The topological polar surface area (TPSA) is 59.4 Å². The Hall–Kier alpha value is -0.940. The molecule has 0 aliphatic carbocycles. The Bertz CT molecular complexity index is 355. The van der Waals surface area contributed by atoms with Crippen LogP contribution in [0, 0.1) is 6.92 Å². The zero-order valence-electron chi connectivity index (χ0n) is 7.82. The number of hydrogen-bond acceptors (Lipinski definition) is 4. The van der Waals surface area contributed by atoms with E-state index in [0.717, 1.165) is 30.0 Å². The molecule has 14 heavy (non-hydrogen) atoms. The summed E-state index contributed by atoms with van der Waals surface area (Å²) in [4.78, 5) is 15.7. The summed E-state index contributed by atoms with van der Waals surface area (Å²) in [6.45, 7) is 2.64. The minimum absolute atomic E-state index is 0.0133. The number of aromatic nitrogens is 1. The summed E-state index contributed by atoms with van der Waals surface area (Å²) in [6.07, 6.45) is 1.99. The predicted octanol–water partition coefficient (Wildman–Crippen LogP) is 2.00. The zero-order chi connectivity index (χ0) is 10.1. The molecule has 0 amide bonds. The van der Waals surface area contributed by atoms with Crippen LogP contribution >= 0.6 is 11.3 Å². The van der Waals surface area contributed by atoms with E-state index in [2.05, 4.69) is 4.98 Å². The lowest BCUT2D eigenvalue weighted by molar-refractivity contribution is 0.0694. The molecule has 1 saturated heterocycles. The van der Waals surface area contributed by atoms with Gasteiger partial charge in [0, 0.05) is 11.5 Å². The zero-order valence-corrected chi connectivity index (χ0v) is 8.63. The van der Waals surface area contributed by atoms with Crippen molar-refractivity contribution in [3.8, 4) is 0 Å². The van der Waals surface area contributed by atoms with Crippen molar-refractivity contribution in [3.05, 3.63) is 15.6 Å². The second-order valence-electron chi connectivity index (χ2n) is 3.27. The van der Waals surface area contributed by atoms with E-state index < -0.39 is 5.97 Å². The van der Waals surface area contributed by atoms with Gasteiger partial charge >= 0.3 is 5.97 Å². The van der Waals surface area contributed by atoms with E-state index >= 15 is 0 Å². The van der Waals surface area contributed by atoms with Crippen LogP contribution in [0.25, 0.3) is 0 Å². The largest absolute Gasteiger partial charge is 0.476 e. The molecule has 0 bridgehead atoms. The summed E-state index contributed by atoms with van der Waals surface area (Å²) in [6, 6.07) is 0. The van der Waals surface area contributed by atoms with Crippen molar-refractivity contribution in [2.75, 3.05) is 6.61 Å². The number of carbonyl (C=O) groups is 1. The van der Waals surface area contributed by atoms with Crippen molar-refractivity contribution in [2.45, 2.75) is 25.9 Å². The first-order valence-corrected chi connectivity index (χ1v) is 5.32. The molecule has 1 aliphatic rings. The average Bonchev–Trinajstić information content (AvgIpc) is 2.71. The Morgan fingerprint density at radius 2 is 2.50 bits per heavy atom. The molecule has 1 aromatic heterocycles. The number of thiazole rings is 1. The van der Waals surface area contributed by atoms with Gasteiger partial charge < -0.3 is 9.84 Å². The number of aryl methyl sites for hydroxylation is 1. The lowest BCUT2D eigenvalue weighted by Crippen LogP contribution is -2.00. The van der Waals surface area contributed by atoms with E-state index in [1.807, 2.05) is 6.92 Å². The fourth-order valence-corrected chi connectivity index (χ4v) is 2.39. The molecule has 0 aromatic carbocycles. The minimum Gasteiger partial charge on any atom is -0.476 e. The van der Waals surface area contributed by atoms with Crippen LogP contribution in [0.1, 0.15) is 39.3 Å². The van der Waals surface area contributed by atoms with Crippen LogP contribution in [-0.2, 0) is 4.74 Å². The van der Waals surface area contributed by atoms with Gasteiger partial charge in [0.2, 0.25) is 5.01 Å². The van der Waals surface area contributed by atoms with Crippen LogP contribution < -0.4 is 0 Å². The van der Waals surface area contributed by atoms with Gasteiger partial charge in [-0.1, -0.05) is 0 Å².